The van der Waals surface area contributed by atoms with Crippen LogP contribution < -0.4 is 4.74 Å². The minimum Gasteiger partial charge on any atom is -0.487 e. The summed E-state index contributed by atoms with van der Waals surface area (Å²) in [4.78, 5) is 15.3. The number of aryl methyl sites for hydroxylation is 1. The summed E-state index contributed by atoms with van der Waals surface area (Å²) in [5, 5.41) is 13.8. The number of carboxylic acids is 1. The monoisotopic (exact) mass is 265 g/mol. The second-order valence-electron chi connectivity index (χ2n) is 4.20. The van der Waals surface area contributed by atoms with E-state index in [1.54, 1.807) is 32.0 Å². The third-order valence-electron chi connectivity index (χ3n) is 2.66. The van der Waals surface area contributed by atoms with Crippen molar-refractivity contribution < 1.29 is 19.4 Å². The number of ether oxygens (including phenoxy) is 2. The molecule has 1 atom stereocenters. The summed E-state index contributed by atoms with van der Waals surface area (Å²) >= 11 is 0. The maximum Gasteiger partial charge on any atom is 0.341 e. The van der Waals surface area contributed by atoms with Gasteiger partial charge in [-0.2, -0.15) is 5.10 Å². The van der Waals surface area contributed by atoms with Crippen LogP contribution in [0, 0.1) is 0 Å². The van der Waals surface area contributed by atoms with Gasteiger partial charge in [0.2, 0.25) is 0 Å². The van der Waals surface area contributed by atoms with E-state index in [0.717, 1.165) is 0 Å². The van der Waals surface area contributed by atoms with E-state index in [1.807, 2.05) is 0 Å². The van der Waals surface area contributed by atoms with Crippen LogP contribution in [-0.2, 0) is 11.8 Å². The van der Waals surface area contributed by atoms with Gasteiger partial charge in [0.15, 0.2) is 5.65 Å². The number of aromatic nitrogens is 3. The van der Waals surface area contributed by atoms with E-state index in [1.165, 1.54) is 6.20 Å². The van der Waals surface area contributed by atoms with Crippen molar-refractivity contribution in [1.29, 1.82) is 0 Å². The molecule has 19 heavy (non-hydrogen) atoms. The molecule has 2 heterocycles. The number of pyridine rings is 1. The van der Waals surface area contributed by atoms with E-state index in [4.69, 9.17) is 9.47 Å². The molecule has 2 aromatic heterocycles. The number of hydrogen-bond acceptors (Lipinski definition) is 5. The molecule has 0 aliphatic carbocycles. The maximum absolute atomic E-state index is 11.2. The van der Waals surface area contributed by atoms with Gasteiger partial charge in [0.1, 0.15) is 17.4 Å². The molecule has 0 spiro atoms. The predicted octanol–water partition coefficient (Wildman–Crippen LogP) is 1.08. The van der Waals surface area contributed by atoms with E-state index < -0.39 is 5.97 Å². The molecular formula is C12H15N3O4. The van der Waals surface area contributed by atoms with E-state index in [0.29, 0.717) is 17.6 Å². The van der Waals surface area contributed by atoms with Crippen LogP contribution in [0.2, 0.25) is 0 Å². The Kier molecular flexibility index (Phi) is 3.66. The van der Waals surface area contributed by atoms with Gasteiger partial charge < -0.3 is 14.6 Å². The molecule has 0 bridgehead atoms. The first kappa shape index (κ1) is 13.3. The molecule has 0 saturated carbocycles. The van der Waals surface area contributed by atoms with E-state index in [9.17, 15) is 9.90 Å². The van der Waals surface area contributed by atoms with Crippen LogP contribution in [0.15, 0.2) is 12.4 Å². The second-order valence-corrected chi connectivity index (χ2v) is 4.20. The summed E-state index contributed by atoms with van der Waals surface area (Å²) in [6, 6.07) is 0. The number of carbonyl (C=O) groups is 1. The lowest BCUT2D eigenvalue weighted by Gasteiger charge is -2.16. The summed E-state index contributed by atoms with van der Waals surface area (Å²) in [7, 11) is 3.29. The van der Waals surface area contributed by atoms with Crippen LogP contribution in [0.3, 0.4) is 0 Å². The highest BCUT2D eigenvalue weighted by atomic mass is 16.5. The number of hydrogen-bond donors (Lipinski definition) is 1. The fourth-order valence-electron chi connectivity index (χ4n) is 1.82. The number of methoxy groups -OCH3 is 1. The maximum atomic E-state index is 11.2. The Bertz CT molecular complexity index is 608. The van der Waals surface area contributed by atoms with E-state index >= 15 is 0 Å². The van der Waals surface area contributed by atoms with Gasteiger partial charge >= 0.3 is 5.97 Å². The van der Waals surface area contributed by atoms with E-state index in [-0.39, 0.29) is 17.4 Å². The van der Waals surface area contributed by atoms with Gasteiger partial charge in [-0.3, -0.25) is 4.68 Å². The molecule has 7 nitrogen and oxygen atoms in total. The zero-order valence-electron chi connectivity index (χ0n) is 11.0. The van der Waals surface area contributed by atoms with Gasteiger partial charge in [-0.15, -0.1) is 0 Å². The van der Waals surface area contributed by atoms with Crippen molar-refractivity contribution in [2.75, 3.05) is 13.7 Å². The Morgan fingerprint density at radius 3 is 2.89 bits per heavy atom. The van der Waals surface area contributed by atoms with Gasteiger partial charge in [0, 0.05) is 20.4 Å². The van der Waals surface area contributed by atoms with Crippen molar-refractivity contribution in [3.8, 4) is 5.75 Å². The van der Waals surface area contributed by atoms with Gasteiger partial charge in [-0.1, -0.05) is 0 Å². The molecule has 2 rings (SSSR count). The first-order chi connectivity index (χ1) is 9.04. The average Bonchev–Trinajstić information content (AvgIpc) is 2.72. The predicted molar refractivity (Wildman–Crippen MR) is 67.4 cm³/mol. The molecule has 0 aliphatic heterocycles. The zero-order valence-corrected chi connectivity index (χ0v) is 11.0. The number of nitrogens with zero attached hydrogens (tertiary/aromatic N) is 3. The third kappa shape index (κ3) is 2.50. The first-order valence-corrected chi connectivity index (χ1v) is 5.74. The lowest BCUT2D eigenvalue weighted by atomic mass is 10.2. The Hall–Kier alpha value is -2.15. The summed E-state index contributed by atoms with van der Waals surface area (Å²) in [6.45, 7) is 2.17. The molecule has 2 aromatic rings. The Morgan fingerprint density at radius 2 is 2.26 bits per heavy atom. The van der Waals surface area contributed by atoms with Gasteiger partial charge in [-0.05, 0) is 6.92 Å². The topological polar surface area (TPSA) is 86.5 Å². The highest BCUT2D eigenvalue weighted by molar-refractivity contribution is 5.97. The van der Waals surface area contributed by atoms with Gasteiger partial charge in [-0.25, -0.2) is 9.78 Å². The summed E-state index contributed by atoms with van der Waals surface area (Å²) < 4.78 is 12.2. The molecule has 1 unspecified atom stereocenters. The smallest absolute Gasteiger partial charge is 0.341 e. The molecule has 0 saturated heterocycles. The Morgan fingerprint density at radius 1 is 1.53 bits per heavy atom. The van der Waals surface area contributed by atoms with Crippen LogP contribution in [-0.4, -0.2) is 45.7 Å². The molecule has 1 N–H and O–H groups in total. The summed E-state index contributed by atoms with van der Waals surface area (Å²) in [5.74, 6) is -0.812. The van der Waals surface area contributed by atoms with Crippen molar-refractivity contribution >= 4 is 17.0 Å². The molecule has 0 fully saturated rings. The minimum absolute atomic E-state index is 0.0171. The summed E-state index contributed by atoms with van der Waals surface area (Å²) in [5.41, 5.74) is 0.591. The standard InChI is InChI=1S/C12H15N3O4/c1-7(6-18-3)19-10-8-5-14-15(2)11(8)13-4-9(10)12(16)17/h4-5,7H,6H2,1-3H3,(H,16,17). The number of fused-ring (bicyclic) bond motifs is 1. The SMILES string of the molecule is COCC(C)Oc1c(C(=O)O)cnc2c1cnn2C. The van der Waals surface area contributed by atoms with Crippen LogP contribution in [0.5, 0.6) is 5.75 Å². The third-order valence-corrected chi connectivity index (χ3v) is 2.66. The van der Waals surface area contributed by atoms with Crippen LogP contribution in [0.4, 0.5) is 0 Å². The van der Waals surface area contributed by atoms with Gasteiger partial charge in [0.05, 0.1) is 18.2 Å². The number of carboxylic acid groups (broad SMARTS) is 1. The minimum atomic E-state index is -1.09. The van der Waals surface area contributed by atoms with Crippen molar-refractivity contribution in [3.05, 3.63) is 18.0 Å². The van der Waals surface area contributed by atoms with Crippen molar-refractivity contribution in [2.45, 2.75) is 13.0 Å². The molecule has 102 valence electrons. The van der Waals surface area contributed by atoms with Gasteiger partial charge in [0.25, 0.3) is 0 Å². The Balaban J connectivity index is 2.52. The highest BCUT2D eigenvalue weighted by Gasteiger charge is 2.20. The molecule has 0 amide bonds. The molecule has 0 aliphatic rings. The molecule has 0 aromatic carbocycles. The largest absolute Gasteiger partial charge is 0.487 e. The normalized spacial score (nSPS) is 12.6. The van der Waals surface area contributed by atoms with E-state index in [2.05, 4.69) is 10.1 Å². The zero-order chi connectivity index (χ0) is 14.0. The second kappa shape index (κ2) is 5.23. The van der Waals surface area contributed by atoms with Crippen LogP contribution in [0.1, 0.15) is 17.3 Å². The quantitative estimate of drug-likeness (QED) is 0.870. The molecule has 7 heteroatoms. The lowest BCUT2D eigenvalue weighted by Crippen LogP contribution is -2.19. The first-order valence-electron chi connectivity index (χ1n) is 5.74. The average molecular weight is 265 g/mol. The van der Waals surface area contributed by atoms with Crippen LogP contribution >= 0.6 is 0 Å². The van der Waals surface area contributed by atoms with Crippen molar-refractivity contribution in [2.24, 2.45) is 7.05 Å². The number of rotatable bonds is 5. The highest BCUT2D eigenvalue weighted by Crippen LogP contribution is 2.29. The fraction of sp³-hybridized carbons (Fsp3) is 0.417. The lowest BCUT2D eigenvalue weighted by molar-refractivity contribution is 0.0675. The Labute approximate surface area is 109 Å². The molecule has 0 radical (unpaired) electrons. The number of aromatic carboxylic acids is 1. The molecular weight excluding hydrogens is 250 g/mol. The summed E-state index contributed by atoms with van der Waals surface area (Å²) in [6.07, 6.45) is 2.55. The van der Waals surface area contributed by atoms with Crippen LogP contribution in [0.25, 0.3) is 11.0 Å². The van der Waals surface area contributed by atoms with Crippen molar-refractivity contribution in [3.63, 3.8) is 0 Å². The van der Waals surface area contributed by atoms with Crippen molar-refractivity contribution in [1.82, 2.24) is 14.8 Å². The fourth-order valence-corrected chi connectivity index (χ4v) is 1.82.